The maximum Gasteiger partial charge on any atom is 0.253 e. The zero-order valence-electron chi connectivity index (χ0n) is 13.1. The van der Waals surface area contributed by atoms with E-state index in [4.69, 9.17) is 4.74 Å². The van der Waals surface area contributed by atoms with Crippen molar-refractivity contribution < 1.29 is 9.53 Å². The summed E-state index contributed by atoms with van der Waals surface area (Å²) in [5.41, 5.74) is 1.96. The minimum atomic E-state index is 0.178. The lowest BCUT2D eigenvalue weighted by molar-refractivity contribution is 0.0287. The number of nitrogens with zero attached hydrogens (tertiary/aromatic N) is 1. The van der Waals surface area contributed by atoms with Crippen LogP contribution in [0.15, 0.2) is 24.3 Å². The number of thioether (sulfide) groups is 1. The summed E-state index contributed by atoms with van der Waals surface area (Å²) >= 11 is 2.01. The lowest BCUT2D eigenvalue weighted by Crippen LogP contribution is -2.60. The van der Waals surface area contributed by atoms with Gasteiger partial charge in [-0.15, -0.1) is 11.8 Å². The molecule has 1 aliphatic carbocycles. The lowest BCUT2D eigenvalue weighted by Gasteiger charge is -2.47. The average Bonchev–Trinajstić information content (AvgIpc) is 3.21. The van der Waals surface area contributed by atoms with E-state index in [0.29, 0.717) is 6.10 Å². The van der Waals surface area contributed by atoms with E-state index >= 15 is 0 Å². The van der Waals surface area contributed by atoms with E-state index in [1.807, 2.05) is 47.9 Å². The molecule has 1 atom stereocenters. The number of benzene rings is 1. The van der Waals surface area contributed by atoms with Crippen molar-refractivity contribution in [1.82, 2.24) is 4.90 Å². The molecule has 2 aliphatic heterocycles. The standard InChI is InChI=1S/C18H23NO2S/c1-13-3-2-4-15(7-13)17(20)19-11-18(12-19)8-16(10-22-18)21-9-14-5-6-14/h2-4,7,14,16H,5-6,8-12H2,1H3/t16-/m0/s1. The number of likely N-dealkylation sites (tertiary alicyclic amines) is 1. The van der Waals surface area contributed by atoms with Crippen LogP contribution in [0.25, 0.3) is 0 Å². The Labute approximate surface area is 136 Å². The van der Waals surface area contributed by atoms with Gasteiger partial charge in [0, 0.05) is 31.0 Å². The van der Waals surface area contributed by atoms with Crippen LogP contribution in [-0.4, -0.2) is 47.1 Å². The van der Waals surface area contributed by atoms with Crippen molar-refractivity contribution in [1.29, 1.82) is 0 Å². The fourth-order valence-corrected chi connectivity index (χ4v) is 4.99. The molecule has 3 aliphatic rings. The van der Waals surface area contributed by atoms with Crippen molar-refractivity contribution in [2.45, 2.75) is 37.0 Å². The largest absolute Gasteiger partial charge is 0.377 e. The molecule has 1 aromatic rings. The molecular weight excluding hydrogens is 294 g/mol. The van der Waals surface area contributed by atoms with E-state index in [2.05, 4.69) is 0 Å². The third-order valence-corrected chi connectivity index (χ3v) is 6.53. The van der Waals surface area contributed by atoms with Crippen LogP contribution in [0, 0.1) is 12.8 Å². The Bertz CT molecular complexity index is 578. The first-order valence-electron chi connectivity index (χ1n) is 8.25. The molecule has 1 spiro atoms. The summed E-state index contributed by atoms with van der Waals surface area (Å²) in [6, 6.07) is 7.90. The Kier molecular flexibility index (Phi) is 3.69. The highest BCUT2D eigenvalue weighted by atomic mass is 32.2. The summed E-state index contributed by atoms with van der Waals surface area (Å²) in [6.45, 7) is 4.75. The molecule has 2 saturated heterocycles. The summed E-state index contributed by atoms with van der Waals surface area (Å²) < 4.78 is 6.30. The van der Waals surface area contributed by atoms with E-state index in [9.17, 15) is 4.79 Å². The predicted molar refractivity (Wildman–Crippen MR) is 89.4 cm³/mol. The van der Waals surface area contributed by atoms with Crippen molar-refractivity contribution >= 4 is 17.7 Å². The van der Waals surface area contributed by atoms with Crippen LogP contribution in [0.2, 0.25) is 0 Å². The highest BCUT2D eigenvalue weighted by Crippen LogP contribution is 2.46. The fraction of sp³-hybridized carbons (Fsp3) is 0.611. The Morgan fingerprint density at radius 3 is 2.95 bits per heavy atom. The van der Waals surface area contributed by atoms with Crippen molar-refractivity contribution in [2.75, 3.05) is 25.4 Å². The third kappa shape index (κ3) is 2.91. The molecule has 3 fully saturated rings. The first kappa shape index (κ1) is 14.6. The van der Waals surface area contributed by atoms with Gasteiger partial charge in [0.2, 0.25) is 0 Å². The zero-order valence-corrected chi connectivity index (χ0v) is 13.9. The summed E-state index contributed by atoms with van der Waals surface area (Å²) in [5, 5.41) is 0. The van der Waals surface area contributed by atoms with E-state index in [-0.39, 0.29) is 10.7 Å². The van der Waals surface area contributed by atoms with Crippen molar-refractivity contribution in [3.63, 3.8) is 0 Å². The number of hydrogen-bond donors (Lipinski definition) is 0. The van der Waals surface area contributed by atoms with Crippen LogP contribution in [-0.2, 0) is 4.74 Å². The first-order chi connectivity index (χ1) is 10.6. The maximum atomic E-state index is 12.5. The Balaban J connectivity index is 1.30. The van der Waals surface area contributed by atoms with E-state index in [1.54, 1.807) is 0 Å². The zero-order chi connectivity index (χ0) is 15.2. The Morgan fingerprint density at radius 2 is 2.23 bits per heavy atom. The van der Waals surface area contributed by atoms with Crippen molar-refractivity contribution in [2.24, 2.45) is 5.92 Å². The van der Waals surface area contributed by atoms with Crippen molar-refractivity contribution in [3.8, 4) is 0 Å². The van der Waals surface area contributed by atoms with Crippen LogP contribution < -0.4 is 0 Å². The SMILES string of the molecule is Cc1cccc(C(=O)N2CC3(C[C@H](OCC4CC4)CS3)C2)c1. The monoisotopic (exact) mass is 317 g/mol. The normalized spacial score (nSPS) is 26.2. The molecule has 1 saturated carbocycles. The van der Waals surface area contributed by atoms with E-state index in [0.717, 1.165) is 48.9 Å². The van der Waals surface area contributed by atoms with Crippen LogP contribution in [0.1, 0.15) is 35.2 Å². The van der Waals surface area contributed by atoms with E-state index in [1.165, 1.54) is 12.8 Å². The summed E-state index contributed by atoms with van der Waals surface area (Å²) in [6.07, 6.45) is 4.22. The second-order valence-corrected chi connectivity index (χ2v) is 8.62. The summed E-state index contributed by atoms with van der Waals surface area (Å²) in [4.78, 5) is 14.5. The van der Waals surface area contributed by atoms with Gasteiger partial charge in [0.25, 0.3) is 5.91 Å². The molecule has 0 unspecified atom stereocenters. The number of carbonyl (C=O) groups excluding carboxylic acids is 1. The second kappa shape index (κ2) is 5.57. The van der Waals surface area contributed by atoms with Gasteiger partial charge in [-0.05, 0) is 44.2 Å². The molecule has 0 N–H and O–H groups in total. The molecule has 0 bridgehead atoms. The molecule has 22 heavy (non-hydrogen) atoms. The fourth-order valence-electron chi connectivity index (χ4n) is 3.44. The number of rotatable bonds is 4. The highest BCUT2D eigenvalue weighted by Gasteiger charge is 2.51. The van der Waals surface area contributed by atoms with Gasteiger partial charge in [-0.25, -0.2) is 0 Å². The summed E-state index contributed by atoms with van der Waals surface area (Å²) in [5.74, 6) is 2.11. The molecule has 0 aromatic heterocycles. The topological polar surface area (TPSA) is 29.5 Å². The van der Waals surface area contributed by atoms with Gasteiger partial charge in [0.15, 0.2) is 0 Å². The number of hydrogen-bond acceptors (Lipinski definition) is 3. The average molecular weight is 317 g/mol. The minimum Gasteiger partial charge on any atom is -0.377 e. The van der Waals surface area contributed by atoms with Crippen LogP contribution in [0.3, 0.4) is 0 Å². The van der Waals surface area contributed by atoms with Gasteiger partial charge in [-0.3, -0.25) is 4.79 Å². The Hall–Kier alpha value is -1.00. The molecule has 4 rings (SSSR count). The molecule has 0 radical (unpaired) electrons. The first-order valence-corrected chi connectivity index (χ1v) is 9.24. The number of carbonyl (C=O) groups is 1. The van der Waals surface area contributed by atoms with Crippen molar-refractivity contribution in [3.05, 3.63) is 35.4 Å². The maximum absolute atomic E-state index is 12.5. The quantitative estimate of drug-likeness (QED) is 0.854. The van der Waals surface area contributed by atoms with Gasteiger partial charge in [-0.2, -0.15) is 0 Å². The van der Waals surface area contributed by atoms with Gasteiger partial charge in [-0.1, -0.05) is 17.7 Å². The van der Waals surface area contributed by atoms with Gasteiger partial charge in [0.1, 0.15) is 0 Å². The molecule has 1 amide bonds. The third-order valence-electron chi connectivity index (χ3n) is 4.95. The molecule has 2 heterocycles. The van der Waals surface area contributed by atoms with Crippen LogP contribution in [0.5, 0.6) is 0 Å². The van der Waals surface area contributed by atoms with Crippen LogP contribution in [0.4, 0.5) is 0 Å². The molecule has 4 heteroatoms. The molecule has 118 valence electrons. The van der Waals surface area contributed by atoms with E-state index < -0.39 is 0 Å². The smallest absolute Gasteiger partial charge is 0.253 e. The van der Waals surface area contributed by atoms with Crippen LogP contribution >= 0.6 is 11.8 Å². The van der Waals surface area contributed by atoms with Gasteiger partial charge >= 0.3 is 0 Å². The van der Waals surface area contributed by atoms with Gasteiger partial charge in [0.05, 0.1) is 10.9 Å². The number of amides is 1. The second-order valence-electron chi connectivity index (χ2n) is 7.13. The lowest BCUT2D eigenvalue weighted by atomic mass is 9.92. The minimum absolute atomic E-state index is 0.178. The van der Waals surface area contributed by atoms with Gasteiger partial charge < -0.3 is 9.64 Å². The highest BCUT2D eigenvalue weighted by molar-refractivity contribution is 8.01. The molecule has 1 aromatic carbocycles. The number of ether oxygens (including phenoxy) is 1. The molecular formula is C18H23NO2S. The molecule has 3 nitrogen and oxygen atoms in total. The summed E-state index contributed by atoms with van der Waals surface area (Å²) in [7, 11) is 0. The number of aryl methyl sites for hydroxylation is 1. The Morgan fingerprint density at radius 1 is 1.41 bits per heavy atom. The predicted octanol–water partition coefficient (Wildman–Crippen LogP) is 3.12.